The third-order valence-electron chi connectivity index (χ3n) is 3.73. The van der Waals surface area contributed by atoms with Gasteiger partial charge in [-0.25, -0.2) is 21.6 Å². The number of halogens is 3. The molecule has 0 aliphatic carbocycles. The van der Waals surface area contributed by atoms with Crippen molar-refractivity contribution in [2.75, 3.05) is 11.4 Å². The van der Waals surface area contributed by atoms with Crippen LogP contribution in [0, 0.1) is 17.5 Å². The van der Waals surface area contributed by atoms with Crippen molar-refractivity contribution in [1.29, 1.82) is 0 Å². The molecule has 3 aromatic carbocycles. The molecule has 124 valence electrons. The highest BCUT2D eigenvalue weighted by atomic mass is 32.2. The molecule has 0 aromatic heterocycles. The van der Waals surface area contributed by atoms with Gasteiger partial charge in [0.2, 0.25) is 0 Å². The fourth-order valence-corrected chi connectivity index (χ4v) is 3.61. The van der Waals surface area contributed by atoms with Gasteiger partial charge in [0.15, 0.2) is 17.5 Å². The lowest BCUT2D eigenvalue weighted by molar-refractivity contribution is 0.432. The Morgan fingerprint density at radius 1 is 0.833 bits per heavy atom. The summed E-state index contributed by atoms with van der Waals surface area (Å²) in [7, 11) is -3.16. The average molecular weight is 351 g/mol. The maximum Gasteiger partial charge on any atom is 0.267 e. The first kappa shape index (κ1) is 16.3. The molecule has 0 amide bonds. The zero-order valence-electron chi connectivity index (χ0n) is 12.5. The monoisotopic (exact) mass is 351 g/mol. The number of hydrogen-bond donors (Lipinski definition) is 0. The molecule has 0 fully saturated rings. The molecule has 0 spiro atoms. The minimum absolute atomic E-state index is 0.276. The summed E-state index contributed by atoms with van der Waals surface area (Å²) in [6.45, 7) is 0. The van der Waals surface area contributed by atoms with Gasteiger partial charge in [-0.1, -0.05) is 30.3 Å². The molecule has 3 nitrogen and oxygen atoms in total. The molecule has 0 N–H and O–H groups in total. The number of benzene rings is 3. The van der Waals surface area contributed by atoms with E-state index in [9.17, 15) is 21.6 Å². The van der Waals surface area contributed by atoms with Gasteiger partial charge in [-0.05, 0) is 35.0 Å². The van der Waals surface area contributed by atoms with Crippen molar-refractivity contribution >= 4 is 26.5 Å². The minimum atomic E-state index is -4.38. The third-order valence-corrected chi connectivity index (χ3v) is 5.54. The first-order valence-corrected chi connectivity index (χ1v) is 8.37. The van der Waals surface area contributed by atoms with Crippen LogP contribution in [0.5, 0.6) is 0 Å². The van der Waals surface area contributed by atoms with Crippen LogP contribution in [0.3, 0.4) is 0 Å². The number of nitrogens with zero attached hydrogens (tertiary/aromatic N) is 1. The zero-order chi connectivity index (χ0) is 17.5. The van der Waals surface area contributed by atoms with Crippen LogP contribution in [0.2, 0.25) is 0 Å². The van der Waals surface area contributed by atoms with Crippen LogP contribution in [-0.4, -0.2) is 15.5 Å². The number of hydrogen-bond acceptors (Lipinski definition) is 2. The Bertz CT molecular complexity index is 1040. The summed E-state index contributed by atoms with van der Waals surface area (Å²) in [5.74, 6) is -4.99. The Balaban J connectivity index is 2.10. The Kier molecular flexibility index (Phi) is 3.96. The van der Waals surface area contributed by atoms with Crippen LogP contribution >= 0.6 is 0 Å². The summed E-state index contributed by atoms with van der Waals surface area (Å²) in [5.41, 5.74) is 0.276. The maximum atomic E-state index is 13.9. The summed E-state index contributed by atoms with van der Waals surface area (Å²) in [6, 6.07) is 13.5. The first-order valence-electron chi connectivity index (χ1n) is 6.93. The summed E-state index contributed by atoms with van der Waals surface area (Å²) in [4.78, 5) is -0.919. The van der Waals surface area contributed by atoms with Gasteiger partial charge in [0.25, 0.3) is 10.0 Å². The Morgan fingerprint density at radius 2 is 1.50 bits per heavy atom. The van der Waals surface area contributed by atoms with Crippen LogP contribution in [0.15, 0.2) is 59.5 Å². The molecular formula is C17H12F3NO2S. The van der Waals surface area contributed by atoms with Gasteiger partial charge >= 0.3 is 0 Å². The summed E-state index contributed by atoms with van der Waals surface area (Å²) >= 11 is 0. The van der Waals surface area contributed by atoms with E-state index < -0.39 is 32.4 Å². The van der Waals surface area contributed by atoms with Gasteiger partial charge in [0.1, 0.15) is 4.90 Å². The molecule has 0 aliphatic heterocycles. The lowest BCUT2D eigenvalue weighted by Crippen LogP contribution is -2.27. The highest BCUT2D eigenvalue weighted by Gasteiger charge is 2.28. The second kappa shape index (κ2) is 5.83. The third kappa shape index (κ3) is 2.60. The van der Waals surface area contributed by atoms with Crippen molar-refractivity contribution < 1.29 is 21.6 Å². The summed E-state index contributed by atoms with van der Waals surface area (Å²) in [6.07, 6.45) is 0. The van der Waals surface area contributed by atoms with E-state index in [-0.39, 0.29) is 5.69 Å². The van der Waals surface area contributed by atoms with E-state index in [0.717, 1.165) is 15.1 Å². The number of fused-ring (bicyclic) bond motifs is 1. The molecule has 0 radical (unpaired) electrons. The zero-order valence-corrected chi connectivity index (χ0v) is 13.3. The van der Waals surface area contributed by atoms with Gasteiger partial charge in [0.05, 0.1) is 5.69 Å². The van der Waals surface area contributed by atoms with E-state index >= 15 is 0 Å². The van der Waals surface area contributed by atoms with Crippen molar-refractivity contribution in [3.63, 3.8) is 0 Å². The smallest absolute Gasteiger partial charge is 0.267 e. The van der Waals surface area contributed by atoms with Crippen molar-refractivity contribution in [1.82, 2.24) is 0 Å². The predicted molar refractivity (Wildman–Crippen MR) is 85.9 cm³/mol. The van der Waals surface area contributed by atoms with Gasteiger partial charge in [-0.15, -0.1) is 0 Å². The number of rotatable bonds is 3. The molecule has 0 saturated heterocycles. The number of sulfonamides is 1. The van der Waals surface area contributed by atoms with Crippen LogP contribution in [-0.2, 0) is 10.0 Å². The SMILES string of the molecule is CN(c1ccc2ccccc2c1)S(=O)(=O)c1ccc(F)c(F)c1F. The predicted octanol–water partition coefficient (Wildman–Crippen LogP) is 4.08. The molecule has 7 heteroatoms. The normalized spacial score (nSPS) is 11.7. The molecular weight excluding hydrogens is 339 g/mol. The lowest BCUT2D eigenvalue weighted by atomic mass is 10.1. The van der Waals surface area contributed by atoms with Crippen molar-refractivity contribution in [2.24, 2.45) is 0 Å². The van der Waals surface area contributed by atoms with Crippen molar-refractivity contribution in [2.45, 2.75) is 4.90 Å². The maximum absolute atomic E-state index is 13.9. The standard InChI is InChI=1S/C17H12F3NO2S/c1-21(13-7-6-11-4-2-3-5-12(11)10-13)24(22,23)15-9-8-14(18)16(19)17(15)20/h2-10H,1H3. The minimum Gasteiger partial charge on any atom is -0.269 e. The number of anilines is 1. The van der Waals surface area contributed by atoms with Gasteiger partial charge < -0.3 is 0 Å². The fraction of sp³-hybridized carbons (Fsp3) is 0.0588. The summed E-state index contributed by atoms with van der Waals surface area (Å²) in [5, 5.41) is 1.70. The van der Waals surface area contributed by atoms with Gasteiger partial charge in [-0.3, -0.25) is 4.31 Å². The molecule has 3 rings (SSSR count). The van der Waals surface area contributed by atoms with E-state index in [1.807, 2.05) is 12.1 Å². The Hall–Kier alpha value is -2.54. The Labute approximate surface area is 137 Å². The van der Waals surface area contributed by atoms with Crippen LogP contribution in [0.4, 0.5) is 18.9 Å². The van der Waals surface area contributed by atoms with Gasteiger partial charge in [-0.2, -0.15) is 0 Å². The van der Waals surface area contributed by atoms with E-state index in [4.69, 9.17) is 0 Å². The van der Waals surface area contributed by atoms with Gasteiger partial charge in [0, 0.05) is 7.05 Å². The van der Waals surface area contributed by atoms with Crippen LogP contribution in [0.1, 0.15) is 0 Å². The highest BCUT2D eigenvalue weighted by molar-refractivity contribution is 7.92. The molecule has 0 unspecified atom stereocenters. The lowest BCUT2D eigenvalue weighted by Gasteiger charge is -2.20. The van der Waals surface area contributed by atoms with E-state index in [0.29, 0.717) is 12.1 Å². The first-order chi connectivity index (χ1) is 11.3. The molecule has 3 aromatic rings. The Morgan fingerprint density at radius 3 is 2.21 bits per heavy atom. The van der Waals surface area contributed by atoms with E-state index in [2.05, 4.69) is 0 Å². The molecule has 0 bridgehead atoms. The van der Waals surface area contributed by atoms with Crippen molar-refractivity contribution in [3.05, 3.63) is 72.0 Å². The quantitative estimate of drug-likeness (QED) is 0.667. The molecule has 0 atom stereocenters. The van der Waals surface area contributed by atoms with E-state index in [1.54, 1.807) is 30.3 Å². The van der Waals surface area contributed by atoms with Crippen molar-refractivity contribution in [3.8, 4) is 0 Å². The largest absolute Gasteiger partial charge is 0.269 e. The second-order valence-corrected chi connectivity index (χ2v) is 7.12. The fourth-order valence-electron chi connectivity index (χ4n) is 2.37. The van der Waals surface area contributed by atoms with Crippen LogP contribution in [0.25, 0.3) is 10.8 Å². The molecule has 0 aliphatic rings. The average Bonchev–Trinajstić information content (AvgIpc) is 2.58. The highest BCUT2D eigenvalue weighted by Crippen LogP contribution is 2.28. The summed E-state index contributed by atoms with van der Waals surface area (Å²) < 4.78 is 66.2. The molecule has 0 heterocycles. The topological polar surface area (TPSA) is 37.4 Å². The molecule has 24 heavy (non-hydrogen) atoms. The van der Waals surface area contributed by atoms with Crippen LogP contribution < -0.4 is 4.31 Å². The second-order valence-electron chi connectivity index (χ2n) is 5.18. The molecule has 0 saturated carbocycles. The van der Waals surface area contributed by atoms with E-state index in [1.165, 1.54) is 7.05 Å².